The molecule has 0 aliphatic rings. The molecule has 24 heavy (non-hydrogen) atoms. The largest absolute Gasteiger partial charge is 0.365 e. The van der Waals surface area contributed by atoms with Gasteiger partial charge in [0, 0.05) is 0 Å². The monoisotopic (exact) mass is 341 g/mol. The molecule has 0 aliphatic carbocycles. The lowest BCUT2D eigenvalue weighted by molar-refractivity contribution is -0.117. The van der Waals surface area contributed by atoms with E-state index in [4.69, 9.17) is 11.0 Å². The summed E-state index contributed by atoms with van der Waals surface area (Å²) in [6, 6.07) is 9.07. The number of nitriles is 1. The Morgan fingerprint density at radius 2 is 1.88 bits per heavy atom. The van der Waals surface area contributed by atoms with Crippen molar-refractivity contribution in [1.29, 1.82) is 5.26 Å². The van der Waals surface area contributed by atoms with Crippen molar-refractivity contribution in [2.45, 2.75) is 33.1 Å². The van der Waals surface area contributed by atoms with Gasteiger partial charge in [0.25, 0.3) is 5.91 Å². The molecule has 1 aromatic carbocycles. The summed E-state index contributed by atoms with van der Waals surface area (Å²) < 4.78 is 0. The summed E-state index contributed by atoms with van der Waals surface area (Å²) in [6.07, 6.45) is 0.629. The topological polar surface area (TPSA) is 96.0 Å². The molecule has 0 aliphatic heterocycles. The molecule has 1 aromatic heterocycles. The summed E-state index contributed by atoms with van der Waals surface area (Å²) in [5.74, 6) is -0.945. The highest BCUT2D eigenvalue weighted by Gasteiger charge is 2.22. The second kappa shape index (κ2) is 7.28. The molecule has 0 fully saturated rings. The molecular weight excluding hydrogens is 322 g/mol. The quantitative estimate of drug-likeness (QED) is 0.871. The van der Waals surface area contributed by atoms with E-state index in [0.29, 0.717) is 21.9 Å². The van der Waals surface area contributed by atoms with Crippen molar-refractivity contribution in [1.82, 2.24) is 0 Å². The molecule has 3 N–H and O–H groups in total. The zero-order valence-corrected chi connectivity index (χ0v) is 14.7. The summed E-state index contributed by atoms with van der Waals surface area (Å²) in [6.45, 7) is 5.61. The molecule has 2 rings (SSSR count). The summed E-state index contributed by atoms with van der Waals surface area (Å²) in [5.41, 5.74) is 8.44. The van der Waals surface area contributed by atoms with Crippen LogP contribution in [-0.2, 0) is 4.79 Å². The summed E-state index contributed by atoms with van der Waals surface area (Å²) in [7, 11) is 0. The maximum absolute atomic E-state index is 12.7. The first-order valence-electron chi connectivity index (χ1n) is 7.59. The highest BCUT2D eigenvalue weighted by molar-refractivity contribution is 7.18. The fraction of sp³-hybridized carbons (Fsp3) is 0.278. The highest BCUT2D eigenvalue weighted by Crippen LogP contribution is 2.33. The number of thiophene rings is 1. The smallest absolute Gasteiger partial charge is 0.259 e. The molecule has 1 heterocycles. The Kier molecular flexibility index (Phi) is 5.37. The van der Waals surface area contributed by atoms with Crippen LogP contribution in [0.1, 0.15) is 51.2 Å². The van der Waals surface area contributed by atoms with Gasteiger partial charge < -0.3 is 11.1 Å². The molecule has 2 amide bonds. The molecule has 0 bridgehead atoms. The van der Waals surface area contributed by atoms with E-state index in [2.05, 4.69) is 11.4 Å². The normalized spacial score (nSPS) is 11.6. The Morgan fingerprint density at radius 1 is 1.25 bits per heavy atom. The second-order valence-corrected chi connectivity index (χ2v) is 6.58. The van der Waals surface area contributed by atoms with E-state index in [1.165, 1.54) is 11.3 Å². The molecule has 6 heteroatoms. The SMILES string of the molecule is CCC(C(=O)Nc1sc(C(N)=O)c(C)c1C)c1ccc(C#N)cc1. The average molecular weight is 341 g/mol. The van der Waals surface area contributed by atoms with Crippen LogP contribution in [0.15, 0.2) is 24.3 Å². The molecule has 1 unspecified atom stereocenters. The minimum absolute atomic E-state index is 0.137. The van der Waals surface area contributed by atoms with Gasteiger partial charge in [-0.1, -0.05) is 19.1 Å². The first-order valence-corrected chi connectivity index (χ1v) is 8.41. The number of carbonyl (C=O) groups is 2. The van der Waals surface area contributed by atoms with Crippen LogP contribution in [0.3, 0.4) is 0 Å². The lowest BCUT2D eigenvalue weighted by atomic mass is 9.95. The van der Waals surface area contributed by atoms with E-state index >= 15 is 0 Å². The van der Waals surface area contributed by atoms with Gasteiger partial charge in [0.1, 0.15) is 0 Å². The van der Waals surface area contributed by atoms with Crippen LogP contribution in [0.2, 0.25) is 0 Å². The highest BCUT2D eigenvalue weighted by atomic mass is 32.1. The van der Waals surface area contributed by atoms with Crippen LogP contribution in [0.5, 0.6) is 0 Å². The Balaban J connectivity index is 2.25. The maximum atomic E-state index is 12.7. The summed E-state index contributed by atoms with van der Waals surface area (Å²) >= 11 is 1.20. The van der Waals surface area contributed by atoms with Crippen molar-refractivity contribution in [3.8, 4) is 6.07 Å². The van der Waals surface area contributed by atoms with Crippen molar-refractivity contribution < 1.29 is 9.59 Å². The number of nitrogens with zero attached hydrogens (tertiary/aromatic N) is 1. The third kappa shape index (κ3) is 3.47. The van der Waals surface area contributed by atoms with Crippen LogP contribution in [-0.4, -0.2) is 11.8 Å². The lowest BCUT2D eigenvalue weighted by Crippen LogP contribution is -2.20. The van der Waals surface area contributed by atoms with Crippen LogP contribution >= 0.6 is 11.3 Å². The third-order valence-electron chi connectivity index (χ3n) is 4.08. The zero-order chi connectivity index (χ0) is 17.9. The Hall–Kier alpha value is -2.65. The number of anilines is 1. The number of nitrogens with one attached hydrogen (secondary N) is 1. The Bertz CT molecular complexity index is 816. The van der Waals surface area contributed by atoms with Gasteiger partial charge in [-0.05, 0) is 49.1 Å². The van der Waals surface area contributed by atoms with Gasteiger partial charge in [-0.2, -0.15) is 5.26 Å². The van der Waals surface area contributed by atoms with Crippen LogP contribution < -0.4 is 11.1 Å². The average Bonchev–Trinajstić information content (AvgIpc) is 2.85. The standard InChI is InChI=1S/C18H19N3O2S/c1-4-14(13-7-5-12(9-19)6-8-13)17(23)21-18-11(3)10(2)15(24-18)16(20)22/h5-8,14H,4H2,1-3H3,(H2,20,22)(H,21,23). The van der Waals surface area contributed by atoms with Crippen molar-refractivity contribution in [2.75, 3.05) is 5.32 Å². The van der Waals surface area contributed by atoms with Crippen LogP contribution in [0, 0.1) is 25.2 Å². The van der Waals surface area contributed by atoms with E-state index in [0.717, 1.165) is 16.7 Å². The number of rotatable bonds is 5. The van der Waals surface area contributed by atoms with E-state index in [1.807, 2.05) is 20.8 Å². The van der Waals surface area contributed by atoms with Gasteiger partial charge in [-0.25, -0.2) is 0 Å². The maximum Gasteiger partial charge on any atom is 0.259 e. The fourth-order valence-corrected chi connectivity index (χ4v) is 3.58. The number of hydrogen-bond acceptors (Lipinski definition) is 4. The van der Waals surface area contributed by atoms with Gasteiger partial charge in [0.2, 0.25) is 5.91 Å². The van der Waals surface area contributed by atoms with Gasteiger partial charge in [-0.3, -0.25) is 9.59 Å². The second-order valence-electron chi connectivity index (χ2n) is 5.56. The number of benzene rings is 1. The fourth-order valence-electron chi connectivity index (χ4n) is 2.51. The first kappa shape index (κ1) is 17.7. The van der Waals surface area contributed by atoms with Crippen LogP contribution in [0.4, 0.5) is 5.00 Å². The van der Waals surface area contributed by atoms with Crippen molar-refractivity contribution >= 4 is 28.2 Å². The number of amides is 2. The number of primary amides is 1. The van der Waals surface area contributed by atoms with Gasteiger partial charge in [0.05, 0.1) is 27.4 Å². The molecule has 124 valence electrons. The minimum Gasteiger partial charge on any atom is -0.365 e. The van der Waals surface area contributed by atoms with Gasteiger partial charge in [0.15, 0.2) is 0 Å². The van der Waals surface area contributed by atoms with Crippen LogP contribution in [0.25, 0.3) is 0 Å². The molecule has 2 aromatic rings. The predicted octanol–water partition coefficient (Wildman–Crippen LogP) is 3.47. The van der Waals surface area contributed by atoms with Crippen molar-refractivity contribution in [3.63, 3.8) is 0 Å². The number of nitrogens with two attached hydrogens (primary N) is 1. The van der Waals surface area contributed by atoms with Gasteiger partial charge in [-0.15, -0.1) is 11.3 Å². The molecule has 5 nitrogen and oxygen atoms in total. The van der Waals surface area contributed by atoms with E-state index in [-0.39, 0.29) is 11.8 Å². The first-order chi connectivity index (χ1) is 11.4. The minimum atomic E-state index is -0.486. The molecule has 0 radical (unpaired) electrons. The number of carbonyl (C=O) groups excluding carboxylic acids is 2. The van der Waals surface area contributed by atoms with Crippen molar-refractivity contribution in [2.24, 2.45) is 5.73 Å². The van der Waals surface area contributed by atoms with Crippen molar-refractivity contribution in [3.05, 3.63) is 51.4 Å². The summed E-state index contributed by atoms with van der Waals surface area (Å²) in [4.78, 5) is 24.6. The van der Waals surface area contributed by atoms with Gasteiger partial charge >= 0.3 is 0 Å². The molecule has 0 saturated carbocycles. The number of hydrogen-bond donors (Lipinski definition) is 2. The molecule has 0 saturated heterocycles. The lowest BCUT2D eigenvalue weighted by Gasteiger charge is -2.15. The Morgan fingerprint density at radius 3 is 2.33 bits per heavy atom. The van der Waals surface area contributed by atoms with E-state index < -0.39 is 5.91 Å². The summed E-state index contributed by atoms with van der Waals surface area (Å²) in [5, 5.41) is 12.4. The molecule has 1 atom stereocenters. The molecule has 0 spiro atoms. The van der Waals surface area contributed by atoms with E-state index in [9.17, 15) is 9.59 Å². The Labute approximate surface area is 145 Å². The zero-order valence-electron chi connectivity index (χ0n) is 13.8. The third-order valence-corrected chi connectivity index (χ3v) is 5.40. The molecular formula is C18H19N3O2S. The van der Waals surface area contributed by atoms with E-state index in [1.54, 1.807) is 24.3 Å². The predicted molar refractivity (Wildman–Crippen MR) is 95.1 cm³/mol.